The van der Waals surface area contributed by atoms with Gasteiger partial charge in [0.15, 0.2) is 11.5 Å². The molecular formula is C19H21NO2. The second-order valence-corrected chi connectivity index (χ2v) is 5.31. The molecule has 0 bridgehead atoms. The van der Waals surface area contributed by atoms with Gasteiger partial charge in [0, 0.05) is 16.6 Å². The first-order valence-corrected chi connectivity index (χ1v) is 7.71. The average molecular weight is 295 g/mol. The Morgan fingerprint density at radius 1 is 1.05 bits per heavy atom. The van der Waals surface area contributed by atoms with E-state index in [0.717, 1.165) is 46.5 Å². The fraction of sp³-hybridized carbons (Fsp3) is 0.263. The smallest absolute Gasteiger partial charge is 0.170 e. The van der Waals surface area contributed by atoms with Crippen molar-refractivity contribution < 1.29 is 9.47 Å². The van der Waals surface area contributed by atoms with Gasteiger partial charge < -0.3 is 14.5 Å². The number of hydrogen-bond acceptors (Lipinski definition) is 2. The summed E-state index contributed by atoms with van der Waals surface area (Å²) >= 11 is 0. The molecule has 1 aromatic heterocycles. The van der Waals surface area contributed by atoms with Gasteiger partial charge in [-0.25, -0.2) is 0 Å². The van der Waals surface area contributed by atoms with Crippen LogP contribution in [0.1, 0.15) is 19.8 Å². The Morgan fingerprint density at radius 3 is 2.59 bits per heavy atom. The van der Waals surface area contributed by atoms with Crippen molar-refractivity contribution in [2.45, 2.75) is 19.8 Å². The minimum atomic E-state index is 0.706. The molecule has 0 atom stereocenters. The number of H-pyrrole nitrogens is 1. The van der Waals surface area contributed by atoms with Gasteiger partial charge in [0.25, 0.3) is 0 Å². The van der Waals surface area contributed by atoms with Crippen LogP contribution in [0.5, 0.6) is 11.5 Å². The summed E-state index contributed by atoms with van der Waals surface area (Å²) in [4.78, 5) is 3.46. The first-order chi connectivity index (χ1) is 10.8. The molecule has 1 N–H and O–H groups in total. The number of unbranched alkanes of at least 4 members (excludes halogenated alkanes) is 1. The van der Waals surface area contributed by atoms with Gasteiger partial charge in [-0.1, -0.05) is 43.7 Å². The molecular weight excluding hydrogens is 274 g/mol. The maximum absolute atomic E-state index is 5.99. The van der Waals surface area contributed by atoms with Crippen molar-refractivity contribution in [3.8, 4) is 22.8 Å². The van der Waals surface area contributed by atoms with Crippen LogP contribution in [-0.4, -0.2) is 18.7 Å². The number of fused-ring (bicyclic) bond motifs is 1. The highest BCUT2D eigenvalue weighted by Gasteiger charge is 2.13. The molecule has 114 valence electrons. The predicted octanol–water partition coefficient (Wildman–Crippen LogP) is 5.02. The lowest BCUT2D eigenvalue weighted by atomic mass is 10.1. The van der Waals surface area contributed by atoms with Gasteiger partial charge in [0.05, 0.1) is 13.7 Å². The number of nitrogens with one attached hydrogen (secondary N) is 1. The van der Waals surface area contributed by atoms with E-state index in [1.54, 1.807) is 7.11 Å². The van der Waals surface area contributed by atoms with Crippen molar-refractivity contribution in [2.24, 2.45) is 0 Å². The van der Waals surface area contributed by atoms with E-state index in [1.807, 2.05) is 30.3 Å². The Hall–Kier alpha value is -2.42. The number of rotatable bonds is 6. The third-order valence-electron chi connectivity index (χ3n) is 3.77. The minimum Gasteiger partial charge on any atom is -0.493 e. The fourth-order valence-electron chi connectivity index (χ4n) is 2.56. The van der Waals surface area contributed by atoms with Crippen LogP contribution in [0.4, 0.5) is 0 Å². The van der Waals surface area contributed by atoms with Crippen LogP contribution in [0.15, 0.2) is 48.5 Å². The van der Waals surface area contributed by atoms with E-state index in [-0.39, 0.29) is 0 Å². The number of aromatic amines is 1. The van der Waals surface area contributed by atoms with E-state index in [2.05, 4.69) is 30.1 Å². The summed E-state index contributed by atoms with van der Waals surface area (Å²) in [5, 5.41) is 1.06. The molecule has 3 rings (SSSR count). The van der Waals surface area contributed by atoms with E-state index in [4.69, 9.17) is 9.47 Å². The molecule has 0 radical (unpaired) electrons. The minimum absolute atomic E-state index is 0.706. The van der Waals surface area contributed by atoms with E-state index < -0.39 is 0 Å². The van der Waals surface area contributed by atoms with Gasteiger partial charge in [-0.05, 0) is 30.2 Å². The van der Waals surface area contributed by atoms with E-state index in [9.17, 15) is 0 Å². The third kappa shape index (κ3) is 2.80. The average Bonchev–Trinajstić information content (AvgIpc) is 3.00. The Balaban J connectivity index is 2.05. The van der Waals surface area contributed by atoms with Crippen LogP contribution in [0.2, 0.25) is 0 Å². The molecule has 0 spiro atoms. The van der Waals surface area contributed by atoms with E-state index in [1.165, 1.54) is 0 Å². The Morgan fingerprint density at radius 2 is 1.86 bits per heavy atom. The number of aromatic nitrogens is 1. The molecule has 0 fully saturated rings. The summed E-state index contributed by atoms with van der Waals surface area (Å²) in [5.74, 6) is 1.61. The lowest BCUT2D eigenvalue weighted by molar-refractivity contribution is 0.292. The first kappa shape index (κ1) is 14.5. The van der Waals surface area contributed by atoms with Crippen LogP contribution >= 0.6 is 0 Å². The molecule has 0 aliphatic carbocycles. The van der Waals surface area contributed by atoms with Crippen molar-refractivity contribution >= 4 is 10.9 Å². The lowest BCUT2D eigenvalue weighted by Gasteiger charge is -2.11. The molecule has 3 heteroatoms. The summed E-state index contributed by atoms with van der Waals surface area (Å²) in [6.07, 6.45) is 2.15. The number of benzene rings is 2. The lowest BCUT2D eigenvalue weighted by Crippen LogP contribution is -1.99. The molecule has 0 unspecified atom stereocenters. The monoisotopic (exact) mass is 295 g/mol. The molecule has 0 saturated heterocycles. The molecule has 0 amide bonds. The molecule has 0 aliphatic heterocycles. The largest absolute Gasteiger partial charge is 0.493 e. The second kappa shape index (κ2) is 6.56. The number of hydrogen-bond donors (Lipinski definition) is 1. The van der Waals surface area contributed by atoms with Crippen LogP contribution in [0.3, 0.4) is 0 Å². The van der Waals surface area contributed by atoms with Crippen molar-refractivity contribution in [2.75, 3.05) is 13.7 Å². The van der Waals surface area contributed by atoms with Gasteiger partial charge in [-0.3, -0.25) is 0 Å². The van der Waals surface area contributed by atoms with Crippen molar-refractivity contribution in [3.63, 3.8) is 0 Å². The molecule has 1 heterocycles. The van der Waals surface area contributed by atoms with Crippen molar-refractivity contribution in [1.82, 2.24) is 4.98 Å². The van der Waals surface area contributed by atoms with Crippen LogP contribution in [0.25, 0.3) is 22.2 Å². The molecule has 2 aromatic carbocycles. The van der Waals surface area contributed by atoms with E-state index >= 15 is 0 Å². The zero-order chi connectivity index (χ0) is 15.4. The SMILES string of the molecule is CCCCOc1c(OC)ccc2[nH]c(-c3ccccc3)cc12. The van der Waals surface area contributed by atoms with Crippen LogP contribution in [0, 0.1) is 0 Å². The van der Waals surface area contributed by atoms with Crippen LogP contribution < -0.4 is 9.47 Å². The highest BCUT2D eigenvalue weighted by atomic mass is 16.5. The first-order valence-electron chi connectivity index (χ1n) is 7.71. The Kier molecular flexibility index (Phi) is 4.33. The Labute approximate surface area is 130 Å². The van der Waals surface area contributed by atoms with Crippen molar-refractivity contribution in [3.05, 3.63) is 48.5 Å². The summed E-state index contributed by atoms with van der Waals surface area (Å²) in [5.41, 5.74) is 3.31. The predicted molar refractivity (Wildman–Crippen MR) is 90.7 cm³/mol. The van der Waals surface area contributed by atoms with Gasteiger partial charge in [-0.2, -0.15) is 0 Å². The molecule has 0 aliphatic rings. The molecule has 0 saturated carbocycles. The highest BCUT2D eigenvalue weighted by Crippen LogP contribution is 2.38. The fourth-order valence-corrected chi connectivity index (χ4v) is 2.56. The summed E-state index contributed by atoms with van der Waals surface area (Å²) in [7, 11) is 1.68. The quantitative estimate of drug-likeness (QED) is 0.648. The second-order valence-electron chi connectivity index (χ2n) is 5.31. The zero-order valence-corrected chi connectivity index (χ0v) is 13.1. The number of ether oxygens (including phenoxy) is 2. The topological polar surface area (TPSA) is 34.2 Å². The molecule has 3 nitrogen and oxygen atoms in total. The van der Waals surface area contributed by atoms with Crippen LogP contribution in [-0.2, 0) is 0 Å². The maximum Gasteiger partial charge on any atom is 0.170 e. The standard InChI is InChI=1S/C19H21NO2/c1-3-4-12-22-19-15-13-17(14-8-6-5-7-9-14)20-16(15)10-11-18(19)21-2/h5-11,13,20H,3-4,12H2,1-2H3. The van der Waals surface area contributed by atoms with Gasteiger partial charge >= 0.3 is 0 Å². The van der Waals surface area contributed by atoms with Gasteiger partial charge in [0.1, 0.15) is 0 Å². The summed E-state index contributed by atoms with van der Waals surface area (Å²) in [6, 6.07) is 16.4. The molecule has 3 aromatic rings. The maximum atomic E-state index is 5.99. The third-order valence-corrected chi connectivity index (χ3v) is 3.77. The molecule has 22 heavy (non-hydrogen) atoms. The normalized spacial score (nSPS) is 10.8. The van der Waals surface area contributed by atoms with Gasteiger partial charge in [-0.15, -0.1) is 0 Å². The highest BCUT2D eigenvalue weighted by molar-refractivity contribution is 5.93. The zero-order valence-electron chi connectivity index (χ0n) is 13.1. The summed E-state index contributed by atoms with van der Waals surface area (Å²) in [6.45, 7) is 2.86. The number of methoxy groups -OCH3 is 1. The van der Waals surface area contributed by atoms with Crippen molar-refractivity contribution in [1.29, 1.82) is 0 Å². The Bertz CT molecular complexity index is 747. The summed E-state index contributed by atoms with van der Waals surface area (Å²) < 4.78 is 11.4. The van der Waals surface area contributed by atoms with E-state index in [0.29, 0.717) is 6.61 Å². The van der Waals surface area contributed by atoms with Gasteiger partial charge in [0.2, 0.25) is 0 Å².